The van der Waals surface area contributed by atoms with E-state index in [2.05, 4.69) is 28.6 Å². The van der Waals surface area contributed by atoms with E-state index in [9.17, 15) is 24.3 Å². The third kappa shape index (κ3) is 11.4. The van der Waals surface area contributed by atoms with Gasteiger partial charge in [0, 0.05) is 5.75 Å². The summed E-state index contributed by atoms with van der Waals surface area (Å²) in [7, 11) is 0. The van der Waals surface area contributed by atoms with Gasteiger partial charge in [0.25, 0.3) is 0 Å². The van der Waals surface area contributed by atoms with Crippen molar-refractivity contribution in [3.63, 3.8) is 0 Å². The number of amides is 3. The number of thiol groups is 1. The highest BCUT2D eigenvalue weighted by molar-refractivity contribution is 7.80. The summed E-state index contributed by atoms with van der Waals surface area (Å²) >= 11 is 4.10. The number of hydrogen-bond acceptors (Lipinski definition) is 7. The summed E-state index contributed by atoms with van der Waals surface area (Å²) in [6.07, 6.45) is 2.25. The zero-order chi connectivity index (χ0) is 24.1. The summed E-state index contributed by atoms with van der Waals surface area (Å²) in [6.45, 7) is 7.64. The molecule has 0 saturated heterocycles. The molecule has 0 rings (SSSR count). The Balaban J connectivity index is 5.15. The van der Waals surface area contributed by atoms with E-state index in [4.69, 9.17) is 11.5 Å². The molecule has 0 aromatic rings. The Bertz CT molecular complexity index is 603. The van der Waals surface area contributed by atoms with E-state index in [1.165, 1.54) is 0 Å². The van der Waals surface area contributed by atoms with Gasteiger partial charge in [0.15, 0.2) is 0 Å². The van der Waals surface area contributed by atoms with Crippen LogP contribution in [0.3, 0.4) is 0 Å². The first-order chi connectivity index (χ1) is 14.4. The Kier molecular flexibility index (Phi) is 14.1. The second-order valence-corrected chi connectivity index (χ2v) is 8.76. The first-order valence-corrected chi connectivity index (χ1v) is 11.3. The highest BCUT2D eigenvalue weighted by Gasteiger charge is 2.30. The minimum Gasteiger partial charge on any atom is -0.480 e. The van der Waals surface area contributed by atoms with Crippen LogP contribution in [-0.2, 0) is 19.2 Å². The lowest BCUT2D eigenvalue weighted by Gasteiger charge is -2.26. The predicted octanol–water partition coefficient (Wildman–Crippen LogP) is -0.386. The van der Waals surface area contributed by atoms with E-state index in [-0.39, 0.29) is 17.6 Å². The molecule has 0 aromatic carbocycles. The molecule has 0 aliphatic heterocycles. The van der Waals surface area contributed by atoms with Gasteiger partial charge in [0.05, 0.1) is 6.04 Å². The number of carboxylic acids is 1. The molecule has 0 radical (unpaired) electrons. The topological polar surface area (TPSA) is 177 Å². The summed E-state index contributed by atoms with van der Waals surface area (Å²) in [4.78, 5) is 49.0. The third-order valence-electron chi connectivity index (χ3n) is 4.69. The van der Waals surface area contributed by atoms with Gasteiger partial charge in [0.1, 0.15) is 18.1 Å². The number of carbonyl (C=O) groups excluding carboxylic acids is 3. The number of nitrogens with one attached hydrogen (secondary N) is 3. The number of carbonyl (C=O) groups is 4. The van der Waals surface area contributed by atoms with Gasteiger partial charge in [-0.25, -0.2) is 4.79 Å². The molecule has 3 amide bonds. The van der Waals surface area contributed by atoms with Crippen molar-refractivity contribution in [2.75, 3.05) is 12.3 Å². The minimum absolute atomic E-state index is 0.0387. The molecule has 0 aliphatic rings. The van der Waals surface area contributed by atoms with Crippen molar-refractivity contribution in [1.29, 1.82) is 0 Å². The van der Waals surface area contributed by atoms with Gasteiger partial charge in [-0.05, 0) is 37.6 Å². The summed E-state index contributed by atoms with van der Waals surface area (Å²) in [5, 5.41) is 16.9. The Hall–Kier alpha value is -1.85. The molecule has 0 spiro atoms. The zero-order valence-electron chi connectivity index (χ0n) is 18.9. The SMILES string of the molecule is CC(C)CC(NC(=O)C(N)CCCCN)C(=O)NC(CS)C(=O)NC(C(=O)O)C(C)C. The van der Waals surface area contributed by atoms with E-state index in [1.807, 2.05) is 13.8 Å². The average Bonchev–Trinajstić information content (AvgIpc) is 2.68. The second-order valence-electron chi connectivity index (χ2n) is 8.39. The van der Waals surface area contributed by atoms with Crippen molar-refractivity contribution < 1.29 is 24.3 Å². The van der Waals surface area contributed by atoms with Crippen molar-refractivity contribution in [3.05, 3.63) is 0 Å². The Morgan fingerprint density at radius 1 is 0.903 bits per heavy atom. The standard InChI is InChI=1S/C20H39N5O5S/c1-11(2)9-14(23-17(26)13(22)7-5-6-8-21)18(27)24-15(10-31)19(28)25-16(12(3)4)20(29)30/h11-16,31H,5-10,21-22H2,1-4H3,(H,23,26)(H,24,27)(H,25,28)(H,29,30). The molecule has 0 fully saturated rings. The molecule has 180 valence electrons. The average molecular weight is 462 g/mol. The molecule has 0 aliphatic carbocycles. The van der Waals surface area contributed by atoms with Crippen LogP contribution < -0.4 is 27.4 Å². The van der Waals surface area contributed by atoms with Crippen molar-refractivity contribution in [2.24, 2.45) is 23.3 Å². The fourth-order valence-electron chi connectivity index (χ4n) is 2.86. The molecule has 0 aromatic heterocycles. The van der Waals surface area contributed by atoms with Crippen molar-refractivity contribution in [2.45, 2.75) is 77.5 Å². The smallest absolute Gasteiger partial charge is 0.326 e. The Morgan fingerprint density at radius 2 is 1.45 bits per heavy atom. The van der Waals surface area contributed by atoms with Gasteiger partial charge < -0.3 is 32.5 Å². The lowest BCUT2D eigenvalue weighted by atomic mass is 10.0. The van der Waals surface area contributed by atoms with Gasteiger partial charge in [-0.1, -0.05) is 34.1 Å². The normalized spacial score (nSPS) is 15.1. The lowest BCUT2D eigenvalue weighted by molar-refractivity contribution is -0.143. The fourth-order valence-corrected chi connectivity index (χ4v) is 3.11. The zero-order valence-corrected chi connectivity index (χ0v) is 19.8. The quantitative estimate of drug-likeness (QED) is 0.128. The fraction of sp³-hybridized carbons (Fsp3) is 0.800. The number of unbranched alkanes of at least 4 members (excludes halogenated alkanes) is 1. The molecule has 4 unspecified atom stereocenters. The van der Waals surface area contributed by atoms with E-state index in [0.29, 0.717) is 25.8 Å². The van der Waals surface area contributed by atoms with Crippen molar-refractivity contribution in [3.8, 4) is 0 Å². The molecule has 11 heteroatoms. The van der Waals surface area contributed by atoms with Crippen LogP contribution in [0.15, 0.2) is 0 Å². The molecule has 4 atom stereocenters. The van der Waals surface area contributed by atoms with Crippen LogP contribution in [0.4, 0.5) is 0 Å². The van der Waals surface area contributed by atoms with Crippen LogP contribution in [0, 0.1) is 11.8 Å². The van der Waals surface area contributed by atoms with Gasteiger partial charge >= 0.3 is 5.97 Å². The second kappa shape index (κ2) is 15.0. The molecule has 8 N–H and O–H groups in total. The van der Waals surface area contributed by atoms with Crippen LogP contribution in [0.2, 0.25) is 0 Å². The van der Waals surface area contributed by atoms with Gasteiger partial charge in [-0.2, -0.15) is 12.6 Å². The summed E-state index contributed by atoms with van der Waals surface area (Å²) < 4.78 is 0. The van der Waals surface area contributed by atoms with Crippen LogP contribution in [0.5, 0.6) is 0 Å². The summed E-state index contributed by atoms with van der Waals surface area (Å²) in [5.41, 5.74) is 11.4. The predicted molar refractivity (Wildman–Crippen MR) is 122 cm³/mol. The molecule has 0 bridgehead atoms. The molecular formula is C20H39N5O5S. The van der Waals surface area contributed by atoms with E-state index in [1.54, 1.807) is 13.8 Å². The highest BCUT2D eigenvalue weighted by atomic mass is 32.1. The van der Waals surface area contributed by atoms with Gasteiger partial charge in [-0.3, -0.25) is 14.4 Å². The Labute approximate surface area is 190 Å². The third-order valence-corrected chi connectivity index (χ3v) is 5.06. The van der Waals surface area contributed by atoms with Gasteiger partial charge in [-0.15, -0.1) is 0 Å². The molecule has 31 heavy (non-hydrogen) atoms. The number of carboxylic acid groups (broad SMARTS) is 1. The number of hydrogen-bond donors (Lipinski definition) is 7. The largest absolute Gasteiger partial charge is 0.480 e. The maximum absolute atomic E-state index is 12.8. The van der Waals surface area contributed by atoms with E-state index >= 15 is 0 Å². The monoisotopic (exact) mass is 461 g/mol. The summed E-state index contributed by atoms with van der Waals surface area (Å²) in [5.74, 6) is -3.12. The number of nitrogens with two attached hydrogens (primary N) is 2. The van der Waals surface area contributed by atoms with E-state index in [0.717, 1.165) is 6.42 Å². The molecule has 0 heterocycles. The minimum atomic E-state index is -1.17. The van der Waals surface area contributed by atoms with Crippen LogP contribution in [-0.4, -0.2) is 65.3 Å². The molecular weight excluding hydrogens is 422 g/mol. The van der Waals surface area contributed by atoms with Crippen molar-refractivity contribution in [1.82, 2.24) is 16.0 Å². The summed E-state index contributed by atoms with van der Waals surface area (Å²) in [6, 6.07) is -3.80. The lowest BCUT2D eigenvalue weighted by Crippen LogP contribution is -2.58. The number of aliphatic carboxylic acids is 1. The van der Waals surface area contributed by atoms with Crippen LogP contribution >= 0.6 is 12.6 Å². The van der Waals surface area contributed by atoms with Crippen molar-refractivity contribution >= 4 is 36.3 Å². The number of rotatable bonds is 15. The first kappa shape index (κ1) is 29.1. The van der Waals surface area contributed by atoms with Crippen LogP contribution in [0.1, 0.15) is 53.4 Å². The van der Waals surface area contributed by atoms with Gasteiger partial charge in [0.2, 0.25) is 17.7 Å². The Morgan fingerprint density at radius 3 is 1.90 bits per heavy atom. The maximum atomic E-state index is 12.8. The maximum Gasteiger partial charge on any atom is 0.326 e. The first-order valence-electron chi connectivity index (χ1n) is 10.6. The highest BCUT2D eigenvalue weighted by Crippen LogP contribution is 2.08. The molecule has 10 nitrogen and oxygen atoms in total. The molecule has 0 saturated carbocycles. The van der Waals surface area contributed by atoms with Crippen LogP contribution in [0.25, 0.3) is 0 Å². The van der Waals surface area contributed by atoms with E-state index < -0.39 is 47.9 Å².